The van der Waals surface area contributed by atoms with Crippen LogP contribution in [0.2, 0.25) is 0 Å². The third-order valence-electron chi connectivity index (χ3n) is 3.30. The van der Waals surface area contributed by atoms with Crippen molar-refractivity contribution < 1.29 is 17.6 Å². The van der Waals surface area contributed by atoms with Gasteiger partial charge in [-0.05, 0) is 43.3 Å². The average Bonchev–Trinajstić information content (AvgIpc) is 2.84. The SMILES string of the molecule is CNC(c1ccc(F)c(C(F)(F)F)c1)C1CCCS1. The molecule has 2 atom stereocenters. The van der Waals surface area contributed by atoms with Gasteiger partial charge in [0.15, 0.2) is 0 Å². The number of halogens is 4. The number of alkyl halides is 3. The highest BCUT2D eigenvalue weighted by molar-refractivity contribution is 8.00. The smallest absolute Gasteiger partial charge is 0.312 e. The Kier molecular flexibility index (Phi) is 4.40. The van der Waals surface area contributed by atoms with Gasteiger partial charge in [0.25, 0.3) is 0 Å². The lowest BCUT2D eigenvalue weighted by molar-refractivity contribution is -0.140. The number of hydrogen-bond donors (Lipinski definition) is 1. The van der Waals surface area contributed by atoms with Crippen LogP contribution in [0.5, 0.6) is 0 Å². The van der Waals surface area contributed by atoms with Crippen molar-refractivity contribution in [1.82, 2.24) is 5.32 Å². The molecular weight excluding hydrogens is 278 g/mol. The number of thioether (sulfide) groups is 1. The maximum Gasteiger partial charge on any atom is 0.419 e. The van der Waals surface area contributed by atoms with E-state index in [9.17, 15) is 17.6 Å². The minimum Gasteiger partial charge on any atom is -0.312 e. The van der Waals surface area contributed by atoms with Crippen molar-refractivity contribution in [2.45, 2.75) is 30.3 Å². The number of benzene rings is 1. The zero-order valence-electron chi connectivity index (χ0n) is 10.4. The molecule has 106 valence electrons. The van der Waals surface area contributed by atoms with Gasteiger partial charge < -0.3 is 5.32 Å². The molecule has 1 aromatic rings. The van der Waals surface area contributed by atoms with Crippen molar-refractivity contribution in [3.8, 4) is 0 Å². The van der Waals surface area contributed by atoms with Crippen LogP contribution in [0.25, 0.3) is 0 Å². The molecule has 1 aromatic carbocycles. The van der Waals surface area contributed by atoms with E-state index in [1.54, 1.807) is 18.8 Å². The van der Waals surface area contributed by atoms with Gasteiger partial charge in [0.05, 0.1) is 5.56 Å². The molecule has 6 heteroatoms. The van der Waals surface area contributed by atoms with Crippen LogP contribution >= 0.6 is 11.8 Å². The van der Waals surface area contributed by atoms with E-state index in [4.69, 9.17) is 0 Å². The Morgan fingerprint density at radius 2 is 2.11 bits per heavy atom. The molecule has 2 unspecified atom stereocenters. The predicted molar refractivity (Wildman–Crippen MR) is 68.7 cm³/mol. The van der Waals surface area contributed by atoms with Gasteiger partial charge >= 0.3 is 6.18 Å². The van der Waals surface area contributed by atoms with E-state index >= 15 is 0 Å². The van der Waals surface area contributed by atoms with E-state index < -0.39 is 17.6 Å². The highest BCUT2D eigenvalue weighted by Crippen LogP contribution is 2.38. The first-order valence-corrected chi connectivity index (χ1v) is 7.14. The lowest BCUT2D eigenvalue weighted by Gasteiger charge is -2.23. The predicted octanol–water partition coefficient (Wildman–Crippen LogP) is 4.00. The van der Waals surface area contributed by atoms with Crippen LogP contribution in [0.3, 0.4) is 0 Å². The molecular formula is C13H15F4NS. The molecule has 0 amide bonds. The van der Waals surface area contributed by atoms with Crippen molar-refractivity contribution in [3.05, 3.63) is 35.1 Å². The highest BCUT2D eigenvalue weighted by Gasteiger charge is 2.35. The van der Waals surface area contributed by atoms with Crippen LogP contribution in [0.15, 0.2) is 18.2 Å². The van der Waals surface area contributed by atoms with Crippen molar-refractivity contribution >= 4 is 11.8 Å². The van der Waals surface area contributed by atoms with Crippen LogP contribution in [0.4, 0.5) is 17.6 Å². The van der Waals surface area contributed by atoms with Crippen molar-refractivity contribution in [2.24, 2.45) is 0 Å². The van der Waals surface area contributed by atoms with Crippen molar-refractivity contribution in [3.63, 3.8) is 0 Å². The third-order valence-corrected chi connectivity index (χ3v) is 4.76. The normalized spacial score (nSPS) is 21.6. The fourth-order valence-electron chi connectivity index (χ4n) is 2.39. The summed E-state index contributed by atoms with van der Waals surface area (Å²) in [7, 11) is 1.72. The number of rotatable bonds is 3. The van der Waals surface area contributed by atoms with Gasteiger partial charge in [0.1, 0.15) is 5.82 Å². The zero-order valence-corrected chi connectivity index (χ0v) is 11.2. The van der Waals surface area contributed by atoms with Gasteiger partial charge in [-0.15, -0.1) is 0 Å². The molecule has 0 bridgehead atoms. The summed E-state index contributed by atoms with van der Waals surface area (Å²) >= 11 is 1.75. The van der Waals surface area contributed by atoms with Gasteiger partial charge in [-0.1, -0.05) is 6.07 Å². The topological polar surface area (TPSA) is 12.0 Å². The first-order chi connectivity index (χ1) is 8.93. The summed E-state index contributed by atoms with van der Waals surface area (Å²) in [6.07, 6.45) is -2.61. The molecule has 1 saturated heterocycles. The molecule has 1 aliphatic rings. The molecule has 1 nitrogen and oxygen atoms in total. The Bertz CT molecular complexity index is 441. The van der Waals surface area contributed by atoms with E-state index in [2.05, 4.69) is 5.32 Å². The Morgan fingerprint density at radius 1 is 1.37 bits per heavy atom. The molecule has 0 aromatic heterocycles. The molecule has 0 saturated carbocycles. The largest absolute Gasteiger partial charge is 0.419 e. The number of hydrogen-bond acceptors (Lipinski definition) is 2. The zero-order chi connectivity index (χ0) is 14.0. The van der Waals surface area contributed by atoms with Gasteiger partial charge in [-0.25, -0.2) is 4.39 Å². The van der Waals surface area contributed by atoms with Gasteiger partial charge in [0, 0.05) is 11.3 Å². The molecule has 0 spiro atoms. The van der Waals surface area contributed by atoms with Gasteiger partial charge in [0.2, 0.25) is 0 Å². The van der Waals surface area contributed by atoms with E-state index in [1.807, 2.05) is 0 Å². The molecule has 0 aliphatic carbocycles. The van der Waals surface area contributed by atoms with E-state index in [-0.39, 0.29) is 11.3 Å². The lowest BCUT2D eigenvalue weighted by Crippen LogP contribution is -2.26. The van der Waals surface area contributed by atoms with Crippen molar-refractivity contribution in [1.29, 1.82) is 0 Å². The van der Waals surface area contributed by atoms with Crippen LogP contribution in [0, 0.1) is 5.82 Å². The van der Waals surface area contributed by atoms with Crippen LogP contribution in [-0.2, 0) is 6.18 Å². The van der Waals surface area contributed by atoms with E-state index in [0.717, 1.165) is 30.7 Å². The maximum absolute atomic E-state index is 13.3. The first-order valence-electron chi connectivity index (χ1n) is 6.09. The number of nitrogens with one attached hydrogen (secondary N) is 1. The van der Waals surface area contributed by atoms with Crippen LogP contribution < -0.4 is 5.32 Å². The van der Waals surface area contributed by atoms with E-state index in [0.29, 0.717) is 5.56 Å². The second kappa shape index (κ2) is 5.71. The maximum atomic E-state index is 13.3. The summed E-state index contributed by atoms with van der Waals surface area (Å²) in [5.74, 6) is -0.193. The van der Waals surface area contributed by atoms with Crippen molar-refractivity contribution in [2.75, 3.05) is 12.8 Å². The minimum atomic E-state index is -4.65. The Hall–Kier alpha value is -0.750. The summed E-state index contributed by atoms with van der Waals surface area (Å²) in [5.41, 5.74) is -0.691. The third kappa shape index (κ3) is 3.23. The fraction of sp³-hybridized carbons (Fsp3) is 0.538. The Balaban J connectivity index is 2.33. The summed E-state index contributed by atoms with van der Waals surface area (Å²) in [4.78, 5) is 0. The molecule has 19 heavy (non-hydrogen) atoms. The lowest BCUT2D eigenvalue weighted by atomic mass is 9.98. The molecule has 1 heterocycles. The van der Waals surface area contributed by atoms with Gasteiger partial charge in [-0.2, -0.15) is 24.9 Å². The summed E-state index contributed by atoms with van der Waals surface area (Å²) < 4.78 is 51.4. The fourth-order valence-corrected chi connectivity index (χ4v) is 3.84. The van der Waals surface area contributed by atoms with Crippen LogP contribution in [0.1, 0.15) is 30.0 Å². The molecule has 1 N–H and O–H groups in total. The quantitative estimate of drug-likeness (QED) is 0.845. The highest BCUT2D eigenvalue weighted by atomic mass is 32.2. The summed E-state index contributed by atoms with van der Waals surface area (Å²) in [5, 5.41) is 3.29. The standard InChI is InChI=1S/C13H15F4NS/c1-18-12(11-3-2-6-19-11)8-4-5-10(14)9(7-8)13(15,16)17/h4-5,7,11-12,18H,2-3,6H2,1H3. The minimum absolute atomic E-state index is 0.172. The molecule has 1 fully saturated rings. The Morgan fingerprint density at radius 3 is 2.63 bits per heavy atom. The summed E-state index contributed by atoms with van der Waals surface area (Å²) in [6, 6.07) is 3.09. The van der Waals surface area contributed by atoms with Gasteiger partial charge in [-0.3, -0.25) is 0 Å². The van der Waals surface area contributed by atoms with E-state index in [1.165, 1.54) is 6.07 Å². The summed E-state index contributed by atoms with van der Waals surface area (Å²) in [6.45, 7) is 0. The monoisotopic (exact) mass is 293 g/mol. The second-order valence-corrected chi connectivity index (χ2v) is 5.90. The molecule has 1 aliphatic heterocycles. The van der Waals surface area contributed by atoms with Crippen LogP contribution in [-0.4, -0.2) is 18.1 Å². The second-order valence-electron chi connectivity index (χ2n) is 4.55. The molecule has 2 rings (SSSR count). The molecule has 0 radical (unpaired) electrons. The first kappa shape index (κ1) is 14.7. The Labute approximate surface area is 113 Å². The average molecular weight is 293 g/mol.